The van der Waals surface area contributed by atoms with Gasteiger partial charge in [0.15, 0.2) is 11.6 Å². The van der Waals surface area contributed by atoms with Crippen molar-refractivity contribution in [2.45, 2.75) is 26.1 Å². The second kappa shape index (κ2) is 7.68. The molecule has 0 bridgehead atoms. The van der Waals surface area contributed by atoms with Gasteiger partial charge in [0.1, 0.15) is 24.3 Å². The predicted molar refractivity (Wildman–Crippen MR) is 101 cm³/mol. The molecule has 0 radical (unpaired) electrons. The zero-order valence-corrected chi connectivity index (χ0v) is 15.3. The summed E-state index contributed by atoms with van der Waals surface area (Å²) in [6, 6.07) is 14.9. The Morgan fingerprint density at radius 2 is 1.71 bits per heavy atom. The van der Waals surface area contributed by atoms with E-state index in [4.69, 9.17) is 9.47 Å². The Morgan fingerprint density at radius 3 is 2.36 bits per heavy atom. The topological polar surface area (TPSA) is 21.8 Å². The SMILES string of the molecule is CCc1ccc(OCc2ccc(-c3ccc(C4CO4)c(F)c3F)cc2)cc1F. The van der Waals surface area contributed by atoms with Gasteiger partial charge in [-0.3, -0.25) is 0 Å². The van der Waals surface area contributed by atoms with Crippen LogP contribution in [0.2, 0.25) is 0 Å². The number of halogens is 3. The van der Waals surface area contributed by atoms with E-state index in [9.17, 15) is 13.2 Å². The quantitative estimate of drug-likeness (QED) is 0.488. The lowest BCUT2D eigenvalue weighted by molar-refractivity contribution is 0.304. The van der Waals surface area contributed by atoms with Crippen molar-refractivity contribution in [1.82, 2.24) is 0 Å². The van der Waals surface area contributed by atoms with Gasteiger partial charge in [0.05, 0.1) is 6.61 Å². The van der Waals surface area contributed by atoms with E-state index in [1.807, 2.05) is 6.92 Å². The van der Waals surface area contributed by atoms with Crippen LogP contribution in [0.4, 0.5) is 13.2 Å². The number of rotatable bonds is 6. The van der Waals surface area contributed by atoms with Crippen molar-refractivity contribution < 1.29 is 22.6 Å². The van der Waals surface area contributed by atoms with Crippen molar-refractivity contribution in [3.63, 3.8) is 0 Å². The summed E-state index contributed by atoms with van der Waals surface area (Å²) >= 11 is 0. The molecule has 2 nitrogen and oxygen atoms in total. The molecule has 0 aromatic heterocycles. The van der Waals surface area contributed by atoms with Gasteiger partial charge >= 0.3 is 0 Å². The van der Waals surface area contributed by atoms with E-state index < -0.39 is 11.6 Å². The van der Waals surface area contributed by atoms with E-state index in [1.54, 1.807) is 48.5 Å². The van der Waals surface area contributed by atoms with Gasteiger partial charge in [-0.25, -0.2) is 13.2 Å². The van der Waals surface area contributed by atoms with Crippen molar-refractivity contribution in [2.75, 3.05) is 6.61 Å². The van der Waals surface area contributed by atoms with Gasteiger partial charge in [0.2, 0.25) is 0 Å². The lowest BCUT2D eigenvalue weighted by atomic mass is 10.0. The zero-order chi connectivity index (χ0) is 19.7. The highest BCUT2D eigenvalue weighted by Crippen LogP contribution is 2.35. The molecule has 1 unspecified atom stereocenters. The first-order chi connectivity index (χ1) is 13.6. The number of hydrogen-bond donors (Lipinski definition) is 0. The van der Waals surface area contributed by atoms with Crippen molar-refractivity contribution in [2.24, 2.45) is 0 Å². The second-order valence-electron chi connectivity index (χ2n) is 6.74. The summed E-state index contributed by atoms with van der Waals surface area (Å²) in [7, 11) is 0. The number of ether oxygens (including phenoxy) is 2. The fourth-order valence-corrected chi connectivity index (χ4v) is 3.12. The standard InChI is InChI=1S/C23H19F3O2/c1-2-15-7-8-17(11-20(15)24)27-12-14-3-5-16(6-4-14)18-9-10-19(21-13-28-21)23(26)22(18)25/h3-11,21H,2,12-13H2,1H3. The molecule has 28 heavy (non-hydrogen) atoms. The van der Waals surface area contributed by atoms with Crippen LogP contribution in [0.15, 0.2) is 54.6 Å². The molecule has 0 N–H and O–H groups in total. The third kappa shape index (κ3) is 3.76. The van der Waals surface area contributed by atoms with Crippen molar-refractivity contribution in [1.29, 1.82) is 0 Å². The first-order valence-corrected chi connectivity index (χ1v) is 9.17. The Balaban J connectivity index is 1.47. The van der Waals surface area contributed by atoms with Crippen molar-refractivity contribution >= 4 is 0 Å². The summed E-state index contributed by atoms with van der Waals surface area (Å²) in [6.45, 7) is 2.57. The molecule has 1 aliphatic heterocycles. The highest BCUT2D eigenvalue weighted by atomic mass is 19.2. The molecule has 0 spiro atoms. The highest BCUT2D eigenvalue weighted by molar-refractivity contribution is 5.65. The normalized spacial score (nSPS) is 15.5. The highest BCUT2D eigenvalue weighted by Gasteiger charge is 2.30. The Hall–Kier alpha value is -2.79. The zero-order valence-electron chi connectivity index (χ0n) is 15.3. The Labute approximate surface area is 161 Å². The molecular weight excluding hydrogens is 365 g/mol. The summed E-state index contributed by atoms with van der Waals surface area (Å²) in [5.74, 6) is -1.56. The molecule has 1 atom stereocenters. The molecule has 0 amide bonds. The van der Waals surface area contributed by atoms with Crippen LogP contribution in [0.3, 0.4) is 0 Å². The Bertz CT molecular complexity index is 995. The van der Waals surface area contributed by atoms with E-state index in [0.717, 1.165) is 5.56 Å². The maximum Gasteiger partial charge on any atom is 0.167 e. The van der Waals surface area contributed by atoms with E-state index in [-0.39, 0.29) is 29.7 Å². The second-order valence-corrected chi connectivity index (χ2v) is 6.74. The van der Waals surface area contributed by atoms with E-state index in [2.05, 4.69) is 0 Å². The summed E-state index contributed by atoms with van der Waals surface area (Å²) in [6.07, 6.45) is 0.290. The van der Waals surface area contributed by atoms with E-state index >= 15 is 0 Å². The fraction of sp³-hybridized carbons (Fsp3) is 0.217. The van der Waals surface area contributed by atoms with Crippen LogP contribution in [0.25, 0.3) is 11.1 Å². The van der Waals surface area contributed by atoms with Gasteiger partial charge in [-0.1, -0.05) is 49.4 Å². The molecule has 0 aliphatic carbocycles. The average Bonchev–Trinajstić information content (AvgIpc) is 3.54. The molecule has 4 rings (SSSR count). The lowest BCUT2D eigenvalue weighted by Gasteiger charge is -2.10. The van der Waals surface area contributed by atoms with Crippen LogP contribution in [-0.2, 0) is 17.8 Å². The number of hydrogen-bond acceptors (Lipinski definition) is 2. The summed E-state index contributed by atoms with van der Waals surface area (Å²) in [5.41, 5.74) is 2.51. The van der Waals surface area contributed by atoms with Crippen molar-refractivity contribution in [3.05, 3.63) is 88.7 Å². The minimum Gasteiger partial charge on any atom is -0.489 e. The Morgan fingerprint density at radius 1 is 0.964 bits per heavy atom. The van der Waals surface area contributed by atoms with Crippen LogP contribution in [-0.4, -0.2) is 6.61 Å². The fourth-order valence-electron chi connectivity index (χ4n) is 3.12. The average molecular weight is 384 g/mol. The predicted octanol–water partition coefficient (Wildman–Crippen LogP) is 5.98. The molecule has 3 aromatic carbocycles. The van der Waals surface area contributed by atoms with Crippen LogP contribution >= 0.6 is 0 Å². The number of aryl methyl sites for hydroxylation is 1. The molecule has 0 saturated carbocycles. The molecule has 5 heteroatoms. The van der Waals surface area contributed by atoms with Crippen LogP contribution in [0.5, 0.6) is 5.75 Å². The largest absolute Gasteiger partial charge is 0.489 e. The molecular formula is C23H19F3O2. The summed E-state index contributed by atoms with van der Waals surface area (Å²) in [5, 5.41) is 0. The molecule has 1 saturated heterocycles. The van der Waals surface area contributed by atoms with E-state index in [0.29, 0.717) is 29.9 Å². The maximum atomic E-state index is 14.4. The van der Waals surface area contributed by atoms with E-state index in [1.165, 1.54) is 6.07 Å². The molecule has 144 valence electrons. The third-order valence-corrected chi connectivity index (χ3v) is 4.87. The van der Waals surface area contributed by atoms with Gasteiger partial charge in [0.25, 0.3) is 0 Å². The number of epoxide rings is 1. The lowest BCUT2D eigenvalue weighted by Crippen LogP contribution is -1.98. The molecule has 3 aromatic rings. The Kier molecular flexibility index (Phi) is 5.09. The van der Waals surface area contributed by atoms with Crippen molar-refractivity contribution in [3.8, 4) is 16.9 Å². The van der Waals surface area contributed by atoms with Gasteiger partial charge in [0, 0.05) is 17.2 Å². The summed E-state index contributed by atoms with van der Waals surface area (Å²) in [4.78, 5) is 0. The molecule has 1 heterocycles. The van der Waals surface area contributed by atoms with Crippen LogP contribution in [0.1, 0.15) is 29.7 Å². The molecule has 1 aliphatic rings. The summed E-state index contributed by atoms with van der Waals surface area (Å²) < 4.78 is 53.1. The maximum absolute atomic E-state index is 14.4. The van der Waals surface area contributed by atoms with Gasteiger partial charge < -0.3 is 9.47 Å². The first-order valence-electron chi connectivity index (χ1n) is 9.17. The number of benzene rings is 3. The smallest absolute Gasteiger partial charge is 0.167 e. The minimum atomic E-state index is -0.872. The van der Waals surface area contributed by atoms with Crippen LogP contribution < -0.4 is 4.74 Å². The monoisotopic (exact) mass is 384 g/mol. The first kappa shape index (κ1) is 18.6. The van der Waals surface area contributed by atoms with Gasteiger partial charge in [-0.05, 0) is 29.2 Å². The van der Waals surface area contributed by atoms with Crippen LogP contribution in [0, 0.1) is 17.5 Å². The van der Waals surface area contributed by atoms with Gasteiger partial charge in [-0.15, -0.1) is 0 Å². The molecule has 1 fully saturated rings. The third-order valence-electron chi connectivity index (χ3n) is 4.87. The van der Waals surface area contributed by atoms with Gasteiger partial charge in [-0.2, -0.15) is 0 Å². The minimum absolute atomic E-state index is 0.201.